The Bertz CT molecular complexity index is 145. The number of carbonyl (C=O) groups is 1. The molecule has 0 aromatic heterocycles. The van der Waals surface area contributed by atoms with Crippen molar-refractivity contribution < 1.29 is 19.0 Å². The molecule has 0 heterocycles. The molecule has 0 amide bonds. The average molecular weight is 204 g/mol. The zero-order chi connectivity index (χ0) is 10.8. The van der Waals surface area contributed by atoms with E-state index in [1.807, 2.05) is 20.8 Å². The van der Waals surface area contributed by atoms with E-state index in [0.717, 1.165) is 13.0 Å². The zero-order valence-corrected chi connectivity index (χ0v) is 9.25. The maximum atomic E-state index is 11.0. The molecule has 0 aliphatic heterocycles. The Kier molecular flexibility index (Phi) is 8.57. The first-order valence-corrected chi connectivity index (χ1v) is 5.01. The Morgan fingerprint density at radius 1 is 1.14 bits per heavy atom. The van der Waals surface area contributed by atoms with E-state index in [2.05, 4.69) is 0 Å². The number of esters is 1. The van der Waals surface area contributed by atoms with Crippen molar-refractivity contribution in [3.63, 3.8) is 0 Å². The average Bonchev–Trinajstić information content (AvgIpc) is 2.10. The molecule has 4 heteroatoms. The van der Waals surface area contributed by atoms with Gasteiger partial charge in [-0.05, 0) is 20.3 Å². The van der Waals surface area contributed by atoms with Crippen molar-refractivity contribution in [2.24, 2.45) is 0 Å². The lowest BCUT2D eigenvalue weighted by Gasteiger charge is -2.08. The van der Waals surface area contributed by atoms with Gasteiger partial charge >= 0.3 is 5.97 Å². The van der Waals surface area contributed by atoms with E-state index in [-0.39, 0.29) is 18.7 Å². The minimum absolute atomic E-state index is 0.00760. The van der Waals surface area contributed by atoms with Crippen LogP contribution in [-0.4, -0.2) is 38.5 Å². The lowest BCUT2D eigenvalue weighted by Crippen LogP contribution is -2.18. The number of carbonyl (C=O) groups excluding carboxylic acids is 1. The largest absolute Gasteiger partial charge is 0.461 e. The Morgan fingerprint density at radius 2 is 1.79 bits per heavy atom. The highest BCUT2D eigenvalue weighted by Crippen LogP contribution is 1.90. The normalized spacial score (nSPS) is 10.6. The summed E-state index contributed by atoms with van der Waals surface area (Å²) >= 11 is 0. The molecule has 0 radical (unpaired) electrons. The van der Waals surface area contributed by atoms with Crippen molar-refractivity contribution in [1.29, 1.82) is 0 Å². The van der Waals surface area contributed by atoms with Crippen LogP contribution >= 0.6 is 0 Å². The second kappa shape index (κ2) is 8.97. The molecule has 4 nitrogen and oxygen atoms in total. The van der Waals surface area contributed by atoms with Crippen LogP contribution < -0.4 is 0 Å². The van der Waals surface area contributed by atoms with Crippen molar-refractivity contribution >= 4 is 5.97 Å². The monoisotopic (exact) mass is 204 g/mol. The van der Waals surface area contributed by atoms with Gasteiger partial charge < -0.3 is 14.2 Å². The fourth-order valence-corrected chi connectivity index (χ4v) is 0.817. The van der Waals surface area contributed by atoms with Crippen molar-refractivity contribution in [1.82, 2.24) is 0 Å². The molecule has 0 bridgehead atoms. The van der Waals surface area contributed by atoms with Crippen LogP contribution in [0.1, 0.15) is 27.2 Å². The SMILES string of the molecule is CCCOCCOCC(=O)OC(C)C. The van der Waals surface area contributed by atoms with Crippen molar-refractivity contribution in [3.05, 3.63) is 0 Å². The van der Waals surface area contributed by atoms with Crippen LogP contribution in [0.4, 0.5) is 0 Å². The van der Waals surface area contributed by atoms with E-state index >= 15 is 0 Å². The topological polar surface area (TPSA) is 44.8 Å². The van der Waals surface area contributed by atoms with Crippen molar-refractivity contribution in [2.75, 3.05) is 26.4 Å². The lowest BCUT2D eigenvalue weighted by atomic mass is 10.5. The highest BCUT2D eigenvalue weighted by Gasteiger charge is 2.04. The van der Waals surface area contributed by atoms with Crippen LogP contribution in [0.5, 0.6) is 0 Å². The molecule has 0 atom stereocenters. The molecule has 0 aliphatic rings. The van der Waals surface area contributed by atoms with Gasteiger partial charge in [0.15, 0.2) is 0 Å². The third-order valence-corrected chi connectivity index (χ3v) is 1.31. The standard InChI is InChI=1S/C10H20O4/c1-4-5-12-6-7-13-8-10(11)14-9(2)3/h9H,4-8H2,1-3H3. The molecule has 0 saturated carbocycles. The molecule has 0 fully saturated rings. The van der Waals surface area contributed by atoms with Crippen LogP contribution in [0.15, 0.2) is 0 Å². The molecule has 0 aromatic rings. The number of ether oxygens (including phenoxy) is 3. The summed E-state index contributed by atoms with van der Waals surface area (Å²) in [6, 6.07) is 0. The summed E-state index contributed by atoms with van der Waals surface area (Å²) in [7, 11) is 0. The van der Waals surface area contributed by atoms with E-state index in [1.54, 1.807) is 0 Å². The maximum absolute atomic E-state index is 11.0. The summed E-state index contributed by atoms with van der Waals surface area (Å²) in [5.41, 5.74) is 0. The maximum Gasteiger partial charge on any atom is 0.332 e. The summed E-state index contributed by atoms with van der Waals surface area (Å²) in [5.74, 6) is -0.324. The molecule has 84 valence electrons. The van der Waals surface area contributed by atoms with Gasteiger partial charge in [0.1, 0.15) is 6.61 Å². The molecule has 0 saturated heterocycles. The first-order chi connectivity index (χ1) is 6.66. The molecule has 0 unspecified atom stereocenters. The number of rotatable bonds is 8. The molecular weight excluding hydrogens is 184 g/mol. The van der Waals surface area contributed by atoms with Gasteiger partial charge in [0.2, 0.25) is 0 Å². The predicted molar refractivity (Wildman–Crippen MR) is 53.2 cm³/mol. The van der Waals surface area contributed by atoms with E-state index in [0.29, 0.717) is 13.2 Å². The predicted octanol–water partition coefficient (Wildman–Crippen LogP) is 1.38. The fraction of sp³-hybridized carbons (Fsp3) is 0.900. The molecular formula is C10H20O4. The fourth-order valence-electron chi connectivity index (χ4n) is 0.817. The van der Waals surface area contributed by atoms with Gasteiger partial charge in [-0.2, -0.15) is 0 Å². The molecule has 0 spiro atoms. The number of hydrogen-bond donors (Lipinski definition) is 0. The highest BCUT2D eigenvalue weighted by atomic mass is 16.6. The second-order valence-corrected chi connectivity index (χ2v) is 3.20. The Morgan fingerprint density at radius 3 is 2.36 bits per heavy atom. The smallest absolute Gasteiger partial charge is 0.332 e. The van der Waals surface area contributed by atoms with E-state index in [4.69, 9.17) is 14.2 Å². The summed E-state index contributed by atoms with van der Waals surface area (Å²) in [6.45, 7) is 7.37. The first-order valence-electron chi connectivity index (χ1n) is 5.01. The van der Waals surface area contributed by atoms with Gasteiger partial charge in [0.05, 0.1) is 19.3 Å². The molecule has 0 rings (SSSR count). The van der Waals surface area contributed by atoms with Crippen LogP contribution in [0.25, 0.3) is 0 Å². The number of hydrogen-bond acceptors (Lipinski definition) is 4. The molecule has 0 N–H and O–H groups in total. The lowest BCUT2D eigenvalue weighted by molar-refractivity contribution is -0.153. The third-order valence-electron chi connectivity index (χ3n) is 1.31. The van der Waals surface area contributed by atoms with Gasteiger partial charge in [0.25, 0.3) is 0 Å². The summed E-state index contributed by atoms with van der Waals surface area (Å²) in [5, 5.41) is 0. The van der Waals surface area contributed by atoms with E-state index in [9.17, 15) is 4.79 Å². The van der Waals surface area contributed by atoms with Crippen molar-refractivity contribution in [3.8, 4) is 0 Å². The minimum atomic E-state index is -0.324. The Balaban J connectivity index is 3.15. The van der Waals surface area contributed by atoms with Gasteiger partial charge in [-0.15, -0.1) is 0 Å². The minimum Gasteiger partial charge on any atom is -0.461 e. The second-order valence-electron chi connectivity index (χ2n) is 3.20. The molecule has 14 heavy (non-hydrogen) atoms. The van der Waals surface area contributed by atoms with Crippen LogP contribution in [-0.2, 0) is 19.0 Å². The van der Waals surface area contributed by atoms with Crippen molar-refractivity contribution in [2.45, 2.75) is 33.3 Å². The van der Waals surface area contributed by atoms with Gasteiger partial charge in [-0.3, -0.25) is 0 Å². The van der Waals surface area contributed by atoms with Crippen LogP contribution in [0.3, 0.4) is 0 Å². The summed E-state index contributed by atoms with van der Waals surface area (Å²) in [4.78, 5) is 11.0. The Labute approximate surface area is 85.5 Å². The van der Waals surface area contributed by atoms with E-state index in [1.165, 1.54) is 0 Å². The quantitative estimate of drug-likeness (QED) is 0.442. The highest BCUT2D eigenvalue weighted by molar-refractivity contribution is 5.70. The summed E-state index contributed by atoms with van der Waals surface area (Å²) in [6.07, 6.45) is 0.914. The van der Waals surface area contributed by atoms with E-state index < -0.39 is 0 Å². The Hall–Kier alpha value is -0.610. The third kappa shape index (κ3) is 9.48. The van der Waals surface area contributed by atoms with Crippen LogP contribution in [0.2, 0.25) is 0 Å². The molecule has 0 aliphatic carbocycles. The first kappa shape index (κ1) is 13.4. The molecule has 0 aromatic carbocycles. The zero-order valence-electron chi connectivity index (χ0n) is 9.25. The van der Waals surface area contributed by atoms with Gasteiger partial charge in [-0.1, -0.05) is 6.92 Å². The summed E-state index contributed by atoms with van der Waals surface area (Å²) < 4.78 is 15.1. The van der Waals surface area contributed by atoms with Gasteiger partial charge in [0, 0.05) is 6.61 Å². The van der Waals surface area contributed by atoms with Crippen LogP contribution in [0, 0.1) is 0 Å². The van der Waals surface area contributed by atoms with Gasteiger partial charge in [-0.25, -0.2) is 4.79 Å².